The summed E-state index contributed by atoms with van der Waals surface area (Å²) in [5.41, 5.74) is 0. The fourth-order valence-electron chi connectivity index (χ4n) is 5.76. The third-order valence-electron chi connectivity index (χ3n) is 7.57. The second-order valence-corrected chi connectivity index (χ2v) is 10.5. The summed E-state index contributed by atoms with van der Waals surface area (Å²) in [5.74, 6) is -3.26. The van der Waals surface area contributed by atoms with Crippen LogP contribution in [0.2, 0.25) is 0 Å². The van der Waals surface area contributed by atoms with Crippen LogP contribution in [-0.4, -0.2) is 62.4 Å². The lowest BCUT2D eigenvalue weighted by Gasteiger charge is -2.50. The first-order valence-electron chi connectivity index (χ1n) is 14.9. The monoisotopic (exact) mass is 526 g/mol. The lowest BCUT2D eigenvalue weighted by Crippen LogP contribution is -2.72. The van der Waals surface area contributed by atoms with Gasteiger partial charge in [-0.15, -0.1) is 0 Å². The molecule has 37 heavy (non-hydrogen) atoms. The first-order chi connectivity index (χ1) is 17.7. The Morgan fingerprint density at radius 1 is 0.541 bits per heavy atom. The molecule has 0 spiro atoms. The number of aliphatic carboxylic acids is 3. The number of carboxylic acid groups (broad SMARTS) is 3. The fraction of sp³-hybridized carbons (Fsp3) is 0.833. The van der Waals surface area contributed by atoms with Crippen LogP contribution in [0.3, 0.4) is 0 Å². The van der Waals surface area contributed by atoms with Crippen molar-refractivity contribution in [2.75, 3.05) is 6.54 Å². The van der Waals surface area contributed by atoms with Crippen molar-refractivity contribution in [3.05, 3.63) is 12.2 Å². The third kappa shape index (κ3) is 12.5. The van der Waals surface area contributed by atoms with E-state index >= 15 is 0 Å². The van der Waals surface area contributed by atoms with Crippen LogP contribution in [0.5, 0.6) is 0 Å². The zero-order chi connectivity index (χ0) is 28.1. The van der Waals surface area contributed by atoms with Crippen molar-refractivity contribution >= 4 is 17.9 Å². The van der Waals surface area contributed by atoms with Crippen molar-refractivity contribution in [2.45, 2.75) is 155 Å². The lowest BCUT2D eigenvalue weighted by atomic mass is 9.91. The number of hydrogen-bond donors (Lipinski definition) is 3. The number of nitrogens with zero attached hydrogens (tertiary/aromatic N) is 1. The van der Waals surface area contributed by atoms with Crippen molar-refractivity contribution in [1.29, 1.82) is 0 Å². The Kier molecular flexibility index (Phi) is 20.0. The minimum absolute atomic E-state index is 0.268. The van der Waals surface area contributed by atoms with Gasteiger partial charge in [-0.25, -0.2) is 14.4 Å². The van der Waals surface area contributed by atoms with Crippen molar-refractivity contribution in [2.24, 2.45) is 0 Å². The average Bonchev–Trinajstić information content (AvgIpc) is 2.85. The molecule has 0 rings (SSSR count). The number of carbonyl (C=O) groups is 3. The second kappa shape index (κ2) is 21.1. The molecular weight excluding hydrogens is 470 g/mol. The first-order valence-corrected chi connectivity index (χ1v) is 14.9. The highest BCUT2D eigenvalue weighted by molar-refractivity contribution is 5.78. The molecule has 0 amide bonds. The predicted octanol–water partition coefficient (Wildman–Crippen LogP) is 7.43. The summed E-state index contributed by atoms with van der Waals surface area (Å²) >= 11 is 0. The molecule has 0 aromatic rings. The van der Waals surface area contributed by atoms with Crippen LogP contribution >= 0.6 is 0 Å². The number of hydrogen-bond acceptors (Lipinski definition) is 3. The van der Waals surface area contributed by atoms with Gasteiger partial charge in [0, 0.05) is 19.3 Å². The van der Waals surface area contributed by atoms with Crippen LogP contribution in [0.15, 0.2) is 12.2 Å². The summed E-state index contributed by atoms with van der Waals surface area (Å²) in [6.45, 7) is 8.07. The van der Waals surface area contributed by atoms with E-state index in [1.54, 1.807) is 0 Å². The van der Waals surface area contributed by atoms with Gasteiger partial charge >= 0.3 is 17.9 Å². The van der Waals surface area contributed by atoms with Gasteiger partial charge in [0.05, 0.1) is 6.54 Å². The Morgan fingerprint density at radius 2 is 0.892 bits per heavy atom. The zero-order valence-corrected chi connectivity index (χ0v) is 24.1. The van der Waals surface area contributed by atoms with Gasteiger partial charge in [-0.05, 0) is 51.4 Å². The van der Waals surface area contributed by atoms with Gasteiger partial charge in [0.1, 0.15) is 0 Å². The minimum Gasteiger partial charge on any atom is -0.477 e. The highest BCUT2D eigenvalue weighted by Gasteiger charge is 2.56. The first kappa shape index (κ1) is 35.1. The van der Waals surface area contributed by atoms with E-state index in [1.165, 1.54) is 25.7 Å². The molecule has 0 bridgehead atoms. The molecule has 0 saturated carbocycles. The molecule has 0 aromatic heterocycles. The molecule has 7 heteroatoms. The van der Waals surface area contributed by atoms with Crippen LogP contribution in [0.4, 0.5) is 0 Å². The van der Waals surface area contributed by atoms with E-state index in [1.807, 2.05) is 20.8 Å². The van der Waals surface area contributed by atoms with E-state index < -0.39 is 36.0 Å². The van der Waals surface area contributed by atoms with Gasteiger partial charge < -0.3 is 15.3 Å². The van der Waals surface area contributed by atoms with Crippen molar-refractivity contribution < 1.29 is 34.2 Å². The molecule has 0 aromatic carbocycles. The van der Waals surface area contributed by atoms with Crippen molar-refractivity contribution in [3.8, 4) is 0 Å². The summed E-state index contributed by atoms with van der Waals surface area (Å²) in [4.78, 5) is 37.6. The van der Waals surface area contributed by atoms with Crippen LogP contribution in [0.25, 0.3) is 0 Å². The Hall–Kier alpha value is -1.89. The van der Waals surface area contributed by atoms with E-state index in [0.717, 1.165) is 38.5 Å². The van der Waals surface area contributed by atoms with Gasteiger partial charge in [-0.3, -0.25) is 4.48 Å². The number of unbranched alkanes of at least 4 members (excludes halogenated alkanes) is 9. The van der Waals surface area contributed by atoms with Gasteiger partial charge in [-0.1, -0.05) is 78.4 Å². The summed E-state index contributed by atoms with van der Waals surface area (Å²) in [7, 11) is 0. The van der Waals surface area contributed by atoms with Gasteiger partial charge in [0.15, 0.2) is 18.1 Å². The van der Waals surface area contributed by atoms with Gasteiger partial charge in [0.25, 0.3) is 0 Å². The van der Waals surface area contributed by atoms with E-state index in [0.29, 0.717) is 25.7 Å². The smallest absolute Gasteiger partial charge is 0.362 e. The molecule has 216 valence electrons. The maximum atomic E-state index is 12.5. The largest absolute Gasteiger partial charge is 0.477 e. The van der Waals surface area contributed by atoms with E-state index in [2.05, 4.69) is 19.1 Å². The normalized spacial score (nSPS) is 15.8. The van der Waals surface area contributed by atoms with Crippen LogP contribution in [-0.2, 0) is 14.4 Å². The minimum atomic E-state index is -1.09. The Balaban J connectivity index is 5.45. The lowest BCUT2D eigenvalue weighted by molar-refractivity contribution is -0.973. The maximum Gasteiger partial charge on any atom is 0.362 e. The standard InChI is InChI=1S/C30H55NO6/c1-5-9-10-11-12-13-14-15-16-17-18-19-20-24-31(25(21-6-2)28(32)33,26(22-7-3)29(34)35)27(23-8-4)30(36)37/h10-11,25-27H,5-9,12-24H2,1-4H3,(H2-,32,33,34,35,36,37)/p+1/b11-10+. The number of rotatable bonds is 25. The van der Waals surface area contributed by atoms with Gasteiger partial charge in [-0.2, -0.15) is 0 Å². The topological polar surface area (TPSA) is 112 Å². The highest BCUT2D eigenvalue weighted by Crippen LogP contribution is 2.34. The molecule has 0 fully saturated rings. The molecule has 0 aliphatic heterocycles. The maximum absolute atomic E-state index is 12.5. The fourth-order valence-corrected chi connectivity index (χ4v) is 5.76. The molecule has 0 saturated heterocycles. The molecule has 0 aliphatic carbocycles. The number of carboxylic acids is 3. The van der Waals surface area contributed by atoms with Crippen molar-refractivity contribution in [3.63, 3.8) is 0 Å². The van der Waals surface area contributed by atoms with E-state index in [9.17, 15) is 29.7 Å². The van der Waals surface area contributed by atoms with E-state index in [-0.39, 0.29) is 30.3 Å². The summed E-state index contributed by atoms with van der Waals surface area (Å²) in [6, 6.07) is -3.13. The van der Waals surface area contributed by atoms with Crippen LogP contribution < -0.4 is 0 Å². The molecular formula is C30H56NO6+. The molecule has 0 radical (unpaired) electrons. The molecule has 7 nitrogen and oxygen atoms in total. The summed E-state index contributed by atoms with van der Waals surface area (Å²) < 4.78 is -0.374. The van der Waals surface area contributed by atoms with Gasteiger partial charge in [0.2, 0.25) is 0 Å². The van der Waals surface area contributed by atoms with Crippen LogP contribution in [0.1, 0.15) is 137 Å². The summed E-state index contributed by atoms with van der Waals surface area (Å²) in [5, 5.41) is 30.7. The molecule has 3 unspecified atom stereocenters. The number of quaternary nitrogens is 1. The Bertz CT molecular complexity index is 603. The molecule has 3 atom stereocenters. The SMILES string of the molecule is CCC/C=C/CCCCCCCCCC[N+](C(CCC)C(=O)O)(C(CCC)C(=O)O)C(CCC)C(=O)O. The summed E-state index contributed by atoms with van der Waals surface area (Å²) in [6.07, 6.45) is 18.9. The second-order valence-electron chi connectivity index (χ2n) is 10.5. The molecule has 0 aliphatic rings. The molecule has 0 heterocycles. The molecule has 3 N–H and O–H groups in total. The van der Waals surface area contributed by atoms with Crippen molar-refractivity contribution in [1.82, 2.24) is 0 Å². The average molecular weight is 527 g/mol. The third-order valence-corrected chi connectivity index (χ3v) is 7.57. The van der Waals surface area contributed by atoms with E-state index in [4.69, 9.17) is 0 Å². The number of allylic oxidation sites excluding steroid dienone is 2. The predicted molar refractivity (Wildman–Crippen MR) is 150 cm³/mol. The van der Waals surface area contributed by atoms with Crippen LogP contribution in [0, 0.1) is 0 Å². The highest BCUT2D eigenvalue weighted by atomic mass is 16.4. The Morgan fingerprint density at radius 3 is 1.24 bits per heavy atom. The Labute approximate surface area is 225 Å². The quantitative estimate of drug-likeness (QED) is 0.0648. The zero-order valence-electron chi connectivity index (χ0n) is 24.1.